The Balaban J connectivity index is 2.00. The molecular weight excluding hydrogens is 327 g/mol. The van der Waals surface area contributed by atoms with Gasteiger partial charge in [-0.2, -0.15) is 0 Å². The second kappa shape index (κ2) is 7.07. The van der Waals surface area contributed by atoms with E-state index in [4.69, 9.17) is 28.9 Å². The van der Waals surface area contributed by atoms with Crippen molar-refractivity contribution in [3.63, 3.8) is 0 Å². The lowest BCUT2D eigenvalue weighted by Gasteiger charge is -2.12. The molecular formula is C15H14Cl2N2OS. The lowest BCUT2D eigenvalue weighted by molar-refractivity contribution is -0.115. The number of rotatable bonds is 4. The molecule has 110 valence electrons. The van der Waals surface area contributed by atoms with Crippen LogP contribution in [0, 0.1) is 0 Å². The van der Waals surface area contributed by atoms with Crippen LogP contribution in [-0.2, 0) is 4.79 Å². The van der Waals surface area contributed by atoms with Crippen LogP contribution in [0.5, 0.6) is 0 Å². The average molecular weight is 341 g/mol. The van der Waals surface area contributed by atoms with Crippen LogP contribution in [0.1, 0.15) is 6.92 Å². The molecule has 0 saturated heterocycles. The number of amides is 1. The number of nitrogens with two attached hydrogens (primary N) is 1. The van der Waals surface area contributed by atoms with E-state index in [0.717, 1.165) is 4.90 Å². The van der Waals surface area contributed by atoms with Crippen LogP contribution in [0.3, 0.4) is 0 Å². The summed E-state index contributed by atoms with van der Waals surface area (Å²) in [5, 5.41) is 3.41. The maximum Gasteiger partial charge on any atom is 0.237 e. The van der Waals surface area contributed by atoms with Gasteiger partial charge in [0.05, 0.1) is 15.3 Å². The summed E-state index contributed by atoms with van der Waals surface area (Å²) in [5.74, 6) is -0.110. The van der Waals surface area contributed by atoms with Gasteiger partial charge in [0, 0.05) is 16.3 Å². The van der Waals surface area contributed by atoms with Crippen molar-refractivity contribution in [3.05, 3.63) is 52.5 Å². The van der Waals surface area contributed by atoms with Crippen LogP contribution >= 0.6 is 35.0 Å². The van der Waals surface area contributed by atoms with Gasteiger partial charge in [-0.05, 0) is 43.3 Å². The largest absolute Gasteiger partial charge is 0.399 e. The number of anilines is 2. The molecule has 0 heterocycles. The maximum atomic E-state index is 12.2. The third-order valence-electron chi connectivity index (χ3n) is 2.73. The van der Waals surface area contributed by atoms with Crippen LogP contribution in [0.4, 0.5) is 11.4 Å². The zero-order valence-electron chi connectivity index (χ0n) is 11.3. The van der Waals surface area contributed by atoms with E-state index in [1.165, 1.54) is 11.8 Å². The minimum Gasteiger partial charge on any atom is -0.399 e. The first-order valence-electron chi connectivity index (χ1n) is 6.24. The van der Waals surface area contributed by atoms with Crippen LogP contribution in [0.25, 0.3) is 0 Å². The second-order valence-electron chi connectivity index (χ2n) is 4.45. The van der Waals surface area contributed by atoms with Crippen molar-refractivity contribution < 1.29 is 4.79 Å². The maximum absolute atomic E-state index is 12.2. The topological polar surface area (TPSA) is 55.1 Å². The fourth-order valence-corrected chi connectivity index (χ4v) is 2.90. The number of carbonyl (C=O) groups is 1. The number of benzene rings is 2. The Labute approximate surface area is 137 Å². The first-order valence-corrected chi connectivity index (χ1v) is 7.87. The summed E-state index contributed by atoms with van der Waals surface area (Å²) in [6, 6.07) is 12.4. The normalized spacial score (nSPS) is 12.0. The van der Waals surface area contributed by atoms with Gasteiger partial charge in [0.2, 0.25) is 5.91 Å². The smallest absolute Gasteiger partial charge is 0.237 e. The number of carbonyl (C=O) groups excluding carboxylic acids is 1. The number of thioether (sulfide) groups is 1. The summed E-state index contributed by atoms with van der Waals surface area (Å²) in [5.41, 5.74) is 7.02. The van der Waals surface area contributed by atoms with Crippen molar-refractivity contribution in [3.8, 4) is 0 Å². The van der Waals surface area contributed by atoms with Gasteiger partial charge in [-0.15, -0.1) is 11.8 Å². The molecule has 0 fully saturated rings. The van der Waals surface area contributed by atoms with Crippen molar-refractivity contribution in [1.82, 2.24) is 0 Å². The van der Waals surface area contributed by atoms with Gasteiger partial charge in [0.25, 0.3) is 0 Å². The Hall–Kier alpha value is -1.36. The number of hydrogen-bond acceptors (Lipinski definition) is 3. The van der Waals surface area contributed by atoms with E-state index >= 15 is 0 Å². The van der Waals surface area contributed by atoms with E-state index < -0.39 is 0 Å². The molecule has 0 bridgehead atoms. The third-order valence-corrected chi connectivity index (χ3v) is 4.56. The van der Waals surface area contributed by atoms with Crippen LogP contribution in [-0.4, -0.2) is 11.2 Å². The van der Waals surface area contributed by atoms with Gasteiger partial charge >= 0.3 is 0 Å². The molecule has 0 aliphatic rings. The zero-order chi connectivity index (χ0) is 15.4. The van der Waals surface area contributed by atoms with Gasteiger partial charge in [0.1, 0.15) is 0 Å². The van der Waals surface area contributed by atoms with Gasteiger partial charge in [-0.3, -0.25) is 4.79 Å². The van der Waals surface area contributed by atoms with E-state index in [-0.39, 0.29) is 11.2 Å². The first-order chi connectivity index (χ1) is 9.95. The minimum atomic E-state index is -0.263. The summed E-state index contributed by atoms with van der Waals surface area (Å²) in [7, 11) is 0. The molecule has 3 nitrogen and oxygen atoms in total. The quantitative estimate of drug-likeness (QED) is 0.626. The van der Waals surface area contributed by atoms with Crippen molar-refractivity contribution >= 4 is 52.2 Å². The molecule has 2 aromatic carbocycles. The molecule has 0 aliphatic heterocycles. The van der Waals surface area contributed by atoms with Crippen LogP contribution < -0.4 is 11.1 Å². The zero-order valence-corrected chi connectivity index (χ0v) is 13.6. The fourth-order valence-electron chi connectivity index (χ4n) is 1.66. The monoisotopic (exact) mass is 340 g/mol. The summed E-state index contributed by atoms with van der Waals surface area (Å²) in [6.07, 6.45) is 0. The van der Waals surface area contributed by atoms with Crippen LogP contribution in [0.15, 0.2) is 47.4 Å². The number of nitrogens with one attached hydrogen (secondary N) is 1. The van der Waals surface area contributed by atoms with Crippen molar-refractivity contribution in [2.75, 3.05) is 11.1 Å². The number of nitrogen functional groups attached to an aromatic ring is 1. The van der Waals surface area contributed by atoms with Gasteiger partial charge in [-0.25, -0.2) is 0 Å². The predicted octanol–water partition coefficient (Wildman–Crippen LogP) is 4.69. The molecule has 1 unspecified atom stereocenters. The molecule has 0 aliphatic carbocycles. The Kier molecular flexibility index (Phi) is 5.39. The molecule has 2 aromatic rings. The first kappa shape index (κ1) is 16.0. The Morgan fingerprint density at radius 3 is 2.62 bits per heavy atom. The number of halogens is 2. The summed E-state index contributed by atoms with van der Waals surface area (Å²) in [4.78, 5) is 13.1. The predicted molar refractivity (Wildman–Crippen MR) is 91.3 cm³/mol. The SMILES string of the molecule is CC(Sc1cccc(N)c1)C(=O)Nc1ccc(Cl)c(Cl)c1. The highest BCUT2D eigenvalue weighted by Crippen LogP contribution is 2.27. The highest BCUT2D eigenvalue weighted by molar-refractivity contribution is 8.00. The van der Waals surface area contributed by atoms with E-state index in [2.05, 4.69) is 5.32 Å². The highest BCUT2D eigenvalue weighted by Gasteiger charge is 2.15. The lowest BCUT2D eigenvalue weighted by atomic mass is 10.3. The second-order valence-corrected chi connectivity index (χ2v) is 6.68. The van der Waals surface area contributed by atoms with Crippen molar-refractivity contribution in [2.45, 2.75) is 17.1 Å². The summed E-state index contributed by atoms with van der Waals surface area (Å²) >= 11 is 13.2. The molecule has 1 amide bonds. The average Bonchev–Trinajstić information content (AvgIpc) is 2.43. The van der Waals surface area contributed by atoms with Gasteiger partial charge < -0.3 is 11.1 Å². The molecule has 0 spiro atoms. The molecule has 6 heteroatoms. The standard InChI is InChI=1S/C15H14Cl2N2OS/c1-9(21-12-4-2-3-10(18)7-12)15(20)19-11-5-6-13(16)14(17)8-11/h2-9H,18H2,1H3,(H,19,20). The Morgan fingerprint density at radius 2 is 1.95 bits per heavy atom. The minimum absolute atomic E-state index is 0.110. The van der Waals surface area contributed by atoms with Gasteiger partial charge in [0.15, 0.2) is 0 Å². The van der Waals surface area contributed by atoms with E-state index in [9.17, 15) is 4.79 Å². The van der Waals surface area contributed by atoms with E-state index in [0.29, 0.717) is 21.4 Å². The molecule has 0 radical (unpaired) electrons. The Morgan fingerprint density at radius 1 is 1.19 bits per heavy atom. The fraction of sp³-hybridized carbons (Fsp3) is 0.133. The van der Waals surface area contributed by atoms with E-state index in [1.807, 2.05) is 31.2 Å². The molecule has 21 heavy (non-hydrogen) atoms. The van der Waals surface area contributed by atoms with Crippen LogP contribution in [0.2, 0.25) is 10.0 Å². The summed E-state index contributed by atoms with van der Waals surface area (Å²) in [6.45, 7) is 1.83. The van der Waals surface area contributed by atoms with Crippen molar-refractivity contribution in [1.29, 1.82) is 0 Å². The van der Waals surface area contributed by atoms with Gasteiger partial charge in [-0.1, -0.05) is 29.3 Å². The Bertz CT molecular complexity index is 664. The third kappa shape index (κ3) is 4.56. The molecule has 1 atom stereocenters. The number of hydrogen-bond donors (Lipinski definition) is 2. The highest BCUT2D eigenvalue weighted by atomic mass is 35.5. The summed E-state index contributed by atoms with van der Waals surface area (Å²) < 4.78 is 0. The molecule has 3 N–H and O–H groups in total. The van der Waals surface area contributed by atoms with Crippen molar-refractivity contribution in [2.24, 2.45) is 0 Å². The molecule has 0 saturated carbocycles. The molecule has 2 rings (SSSR count). The molecule has 0 aromatic heterocycles. The lowest BCUT2D eigenvalue weighted by Crippen LogP contribution is -2.22. The van der Waals surface area contributed by atoms with E-state index in [1.54, 1.807) is 18.2 Å².